The fourth-order valence-electron chi connectivity index (χ4n) is 11.7. The summed E-state index contributed by atoms with van der Waals surface area (Å²) in [6.07, 6.45) is 21.0. The lowest BCUT2D eigenvalue weighted by Crippen LogP contribution is -2.00. The van der Waals surface area contributed by atoms with E-state index in [-0.39, 0.29) is 0 Å². The molecule has 6 aromatic heterocycles. The van der Waals surface area contributed by atoms with Crippen molar-refractivity contribution in [1.29, 1.82) is 0 Å². The van der Waals surface area contributed by atoms with Crippen molar-refractivity contribution in [2.45, 2.75) is 65.2 Å². The summed E-state index contributed by atoms with van der Waals surface area (Å²) in [6, 6.07) is 51.1. The van der Waals surface area contributed by atoms with E-state index < -0.39 is 0 Å². The average molecular weight is 1010 g/mol. The number of benzene rings is 3. The van der Waals surface area contributed by atoms with Crippen molar-refractivity contribution >= 4 is 92.7 Å². The average Bonchev–Trinajstić information content (AvgIpc) is 4.40. The molecule has 0 atom stereocenters. The van der Waals surface area contributed by atoms with E-state index in [0.717, 1.165) is 160 Å². The van der Waals surface area contributed by atoms with Gasteiger partial charge in [-0.1, -0.05) is 112 Å². The third-order valence-corrected chi connectivity index (χ3v) is 15.7. The van der Waals surface area contributed by atoms with Crippen LogP contribution in [0.25, 0.3) is 126 Å². The highest BCUT2D eigenvalue weighted by Crippen LogP contribution is 2.38. The van der Waals surface area contributed by atoms with Crippen LogP contribution in [-0.2, 0) is 0 Å². The summed E-state index contributed by atoms with van der Waals surface area (Å²) in [5.74, 6) is 7.90. The van der Waals surface area contributed by atoms with Crippen molar-refractivity contribution in [2.24, 2.45) is 0 Å². The van der Waals surface area contributed by atoms with Gasteiger partial charge < -0.3 is 19.9 Å². The maximum absolute atomic E-state index is 5.48. The van der Waals surface area contributed by atoms with Crippen LogP contribution in [-0.4, -0.2) is 39.9 Å². The molecule has 4 aliphatic rings. The number of hydrogen-bond acceptors (Lipinski definition) is 4. The van der Waals surface area contributed by atoms with E-state index in [2.05, 4.69) is 242 Å². The molecule has 16 bridgehead atoms. The van der Waals surface area contributed by atoms with Crippen molar-refractivity contribution < 1.29 is 0 Å². The monoisotopic (exact) mass is 1010 g/mol. The van der Waals surface area contributed by atoms with Crippen molar-refractivity contribution in [1.82, 2.24) is 39.9 Å². The molecule has 0 fully saturated rings. The van der Waals surface area contributed by atoms with E-state index >= 15 is 0 Å². The summed E-state index contributed by atoms with van der Waals surface area (Å²) in [6.45, 7) is 9.05. The number of H-pyrrole nitrogens is 4. The molecule has 8 nitrogen and oxygen atoms in total. The number of nitrogens with one attached hydrogen (secondary N) is 4. The summed E-state index contributed by atoms with van der Waals surface area (Å²) < 4.78 is 0. The van der Waals surface area contributed by atoms with Crippen molar-refractivity contribution in [3.8, 4) is 45.2 Å². The summed E-state index contributed by atoms with van der Waals surface area (Å²) >= 11 is 0. The van der Waals surface area contributed by atoms with E-state index in [1.165, 1.54) is 11.1 Å². The van der Waals surface area contributed by atoms with Gasteiger partial charge in [0, 0.05) is 72.0 Å². The van der Waals surface area contributed by atoms with Crippen LogP contribution in [0.1, 0.15) is 133 Å². The van der Waals surface area contributed by atoms with Gasteiger partial charge in [-0.05, 0) is 176 Å². The molecule has 10 heterocycles. The van der Waals surface area contributed by atoms with Crippen LogP contribution in [0.4, 0.5) is 0 Å². The lowest BCUT2D eigenvalue weighted by molar-refractivity contribution is 0.642. The van der Waals surface area contributed by atoms with Crippen LogP contribution >= 0.6 is 0 Å². The molecule has 0 spiro atoms. The Morgan fingerprint density at radius 1 is 0.346 bits per heavy atom. The first kappa shape index (κ1) is 48.1. The maximum atomic E-state index is 5.48. The highest BCUT2D eigenvalue weighted by Gasteiger charge is 2.21. The minimum atomic E-state index is 0.313. The molecule has 0 saturated heterocycles. The Labute approximate surface area is 454 Å². The highest BCUT2D eigenvalue weighted by atomic mass is 14.8. The van der Waals surface area contributed by atoms with Gasteiger partial charge in [0.15, 0.2) is 0 Å². The first-order valence-corrected chi connectivity index (χ1v) is 27.4. The predicted octanol–water partition coefficient (Wildman–Crippen LogP) is 17.8. The van der Waals surface area contributed by atoms with Crippen LogP contribution in [0.15, 0.2) is 146 Å². The molecular formula is C70H58N8. The van der Waals surface area contributed by atoms with Gasteiger partial charge in [-0.15, -0.1) is 0 Å². The second-order valence-electron chi connectivity index (χ2n) is 20.4. The molecule has 4 N–H and O–H groups in total. The van der Waals surface area contributed by atoms with E-state index in [4.69, 9.17) is 19.9 Å². The zero-order valence-corrected chi connectivity index (χ0v) is 44.2. The molecule has 9 aromatic rings. The van der Waals surface area contributed by atoms with Crippen LogP contribution in [0.2, 0.25) is 0 Å². The molecule has 0 saturated carbocycles. The molecule has 13 rings (SSSR count). The Morgan fingerprint density at radius 2 is 0.744 bits per heavy atom. The van der Waals surface area contributed by atoms with Gasteiger partial charge in [0.1, 0.15) is 0 Å². The molecule has 0 aliphatic carbocycles. The standard InChI is InChI=1S/C70H58N8/c1-5-44(6-2)66-56-29-24-49(71-56)41-50-25-30-57(72-50)67(45(7-3)8-4)61-36-34-55(76-61)53(54-33-35-60(66)75-54)28-21-43-19-22-48(23-20-43)70-64-39-37-62(77-64)68(46-15-11-9-12-16-46)58-31-26-51(73-58)42-52-27-32-59(74-52)69(47-17-13-10-14-18-47)63-38-40-65(70)78-63/h9-20,22-27,29-42,44-45,71,73,76,78H,5-8H2,1-4H3. The molecular weight excluding hydrogens is 953 g/mol. The van der Waals surface area contributed by atoms with Crippen LogP contribution < -0.4 is 0 Å². The first-order valence-electron chi connectivity index (χ1n) is 27.4. The fourth-order valence-corrected chi connectivity index (χ4v) is 11.7. The summed E-state index contributed by atoms with van der Waals surface area (Å²) in [4.78, 5) is 36.5. The SMILES string of the molecule is CCC(CC)c1c2nc(c(C#Cc3ccc(-c4c5nc(c(-c6ccccc6)c6ccc(cc7nc(c(-c8ccccc8)c8ccc4[nH]8)C=C7)[nH]6)C=C5)cc3)c3ccc([nH]3)c(C(CC)CC)c3nc(cc4ccc1[nH]4)C=C3)C=C2. The molecule has 78 heavy (non-hydrogen) atoms. The van der Waals surface area contributed by atoms with Crippen LogP contribution in [0.5, 0.6) is 0 Å². The second kappa shape index (κ2) is 20.5. The van der Waals surface area contributed by atoms with Gasteiger partial charge in [-0.2, -0.15) is 0 Å². The quantitative estimate of drug-likeness (QED) is 0.108. The minimum absolute atomic E-state index is 0.313. The van der Waals surface area contributed by atoms with E-state index in [1.54, 1.807) is 0 Å². The highest BCUT2D eigenvalue weighted by molar-refractivity contribution is 5.98. The summed E-state index contributed by atoms with van der Waals surface area (Å²) in [5, 5.41) is 0. The summed E-state index contributed by atoms with van der Waals surface area (Å²) in [7, 11) is 0. The Bertz CT molecular complexity index is 4320. The fraction of sp³-hybridized carbons (Fsp3) is 0.143. The third kappa shape index (κ3) is 9.03. The zero-order valence-electron chi connectivity index (χ0n) is 44.2. The maximum Gasteiger partial charge on any atom is 0.0815 e. The smallest absolute Gasteiger partial charge is 0.0815 e. The molecule has 0 radical (unpaired) electrons. The van der Waals surface area contributed by atoms with Gasteiger partial charge in [0.2, 0.25) is 0 Å². The number of nitrogens with zero attached hydrogens (tertiary/aromatic N) is 4. The Morgan fingerprint density at radius 3 is 1.35 bits per heavy atom. The Kier molecular flexibility index (Phi) is 12.6. The van der Waals surface area contributed by atoms with Gasteiger partial charge in [0.05, 0.1) is 56.6 Å². The Hall–Kier alpha value is -9.58. The number of aromatic amines is 4. The van der Waals surface area contributed by atoms with Gasteiger partial charge in [-0.25, -0.2) is 19.9 Å². The van der Waals surface area contributed by atoms with E-state index in [0.29, 0.717) is 11.8 Å². The number of fused-ring (bicyclic) bond motifs is 16. The first-order chi connectivity index (χ1) is 38.4. The minimum Gasteiger partial charge on any atom is -0.355 e. The molecule has 8 heteroatoms. The normalized spacial score (nSPS) is 12.5. The third-order valence-electron chi connectivity index (χ3n) is 15.7. The number of hydrogen-bond donors (Lipinski definition) is 4. The molecule has 0 amide bonds. The van der Waals surface area contributed by atoms with Crippen LogP contribution in [0, 0.1) is 11.8 Å². The summed E-state index contributed by atoms with van der Waals surface area (Å²) in [5.41, 5.74) is 25.4. The van der Waals surface area contributed by atoms with Gasteiger partial charge >= 0.3 is 0 Å². The van der Waals surface area contributed by atoms with Gasteiger partial charge in [-0.3, -0.25) is 0 Å². The van der Waals surface area contributed by atoms with Gasteiger partial charge in [0.25, 0.3) is 0 Å². The predicted molar refractivity (Wildman–Crippen MR) is 327 cm³/mol. The lowest BCUT2D eigenvalue weighted by atomic mass is 9.92. The van der Waals surface area contributed by atoms with Crippen molar-refractivity contribution in [3.63, 3.8) is 0 Å². The molecule has 4 aliphatic heterocycles. The van der Waals surface area contributed by atoms with Crippen molar-refractivity contribution in [3.05, 3.63) is 213 Å². The van der Waals surface area contributed by atoms with Crippen LogP contribution in [0.3, 0.4) is 0 Å². The Balaban J connectivity index is 1.01. The molecule has 3 aromatic carbocycles. The number of aromatic nitrogens is 8. The zero-order chi connectivity index (χ0) is 52.7. The molecule has 378 valence electrons. The van der Waals surface area contributed by atoms with E-state index in [1.807, 2.05) is 12.1 Å². The number of rotatable bonds is 9. The lowest BCUT2D eigenvalue weighted by Gasteiger charge is -2.14. The molecule has 0 unspecified atom stereocenters. The van der Waals surface area contributed by atoms with Crippen molar-refractivity contribution in [2.75, 3.05) is 0 Å². The largest absolute Gasteiger partial charge is 0.355 e. The van der Waals surface area contributed by atoms with E-state index in [9.17, 15) is 0 Å². The topological polar surface area (TPSA) is 115 Å². The second-order valence-corrected chi connectivity index (χ2v) is 20.4.